The molecule has 3 aromatic rings. The van der Waals surface area contributed by atoms with Crippen LogP contribution in [-0.4, -0.2) is 47.9 Å². The number of benzene rings is 2. The summed E-state index contributed by atoms with van der Waals surface area (Å²) in [5.41, 5.74) is 3.30. The predicted molar refractivity (Wildman–Crippen MR) is 124 cm³/mol. The van der Waals surface area contributed by atoms with Gasteiger partial charge in [-0.3, -0.25) is 14.6 Å². The molecule has 0 unspecified atom stereocenters. The van der Waals surface area contributed by atoms with Gasteiger partial charge in [0.05, 0.1) is 11.1 Å². The number of pyridine rings is 1. The van der Waals surface area contributed by atoms with Crippen LogP contribution < -0.4 is 9.47 Å². The average molecular weight is 443 g/mol. The molecular formula is C27H26N2O4. The van der Waals surface area contributed by atoms with Crippen molar-refractivity contribution in [1.82, 2.24) is 9.88 Å². The molecule has 6 nitrogen and oxygen atoms in total. The number of fused-ring (bicyclic) bond motifs is 2. The zero-order valence-electron chi connectivity index (χ0n) is 18.5. The van der Waals surface area contributed by atoms with Gasteiger partial charge in [0, 0.05) is 41.6 Å². The molecule has 168 valence electrons. The van der Waals surface area contributed by atoms with Gasteiger partial charge in [-0.1, -0.05) is 18.2 Å². The second-order valence-electron chi connectivity index (χ2n) is 9.18. The lowest BCUT2D eigenvalue weighted by Crippen LogP contribution is -2.40. The highest BCUT2D eigenvalue weighted by atomic mass is 16.6. The zero-order chi connectivity index (χ0) is 22.4. The molecule has 3 heterocycles. The Kier molecular flexibility index (Phi) is 5.01. The molecule has 3 aliphatic rings. The Bertz CT molecular complexity index is 1240. The Morgan fingerprint density at radius 1 is 0.879 bits per heavy atom. The number of hydrogen-bond donors (Lipinski definition) is 0. The van der Waals surface area contributed by atoms with Crippen molar-refractivity contribution in [3.8, 4) is 11.5 Å². The Morgan fingerprint density at radius 3 is 2.42 bits per heavy atom. The average Bonchev–Trinajstić information content (AvgIpc) is 3.73. The third kappa shape index (κ3) is 3.84. The van der Waals surface area contributed by atoms with E-state index in [9.17, 15) is 9.59 Å². The Hall–Kier alpha value is -3.41. The van der Waals surface area contributed by atoms with Crippen LogP contribution in [0, 0.1) is 5.92 Å². The van der Waals surface area contributed by atoms with E-state index in [0.717, 1.165) is 35.0 Å². The van der Waals surface area contributed by atoms with Gasteiger partial charge in [-0.15, -0.1) is 0 Å². The van der Waals surface area contributed by atoms with Crippen molar-refractivity contribution in [2.75, 3.05) is 26.3 Å². The second kappa shape index (κ2) is 8.18. The van der Waals surface area contributed by atoms with Crippen molar-refractivity contribution >= 4 is 22.6 Å². The van der Waals surface area contributed by atoms with Gasteiger partial charge in [0.15, 0.2) is 17.3 Å². The van der Waals surface area contributed by atoms with Crippen LogP contribution >= 0.6 is 0 Å². The van der Waals surface area contributed by atoms with E-state index < -0.39 is 0 Å². The van der Waals surface area contributed by atoms with Gasteiger partial charge in [-0.2, -0.15) is 0 Å². The molecule has 2 aromatic carbocycles. The number of ketones is 1. The number of rotatable bonds is 4. The monoisotopic (exact) mass is 442 g/mol. The molecule has 0 radical (unpaired) electrons. The third-order valence-electron chi connectivity index (χ3n) is 6.94. The molecule has 1 saturated carbocycles. The first-order valence-corrected chi connectivity index (χ1v) is 11.8. The summed E-state index contributed by atoms with van der Waals surface area (Å²) in [5.74, 6) is 1.87. The highest BCUT2D eigenvalue weighted by Gasteiger charge is 2.31. The predicted octanol–water partition coefficient (Wildman–Crippen LogP) is 4.62. The summed E-state index contributed by atoms with van der Waals surface area (Å²) in [7, 11) is 0. The summed E-state index contributed by atoms with van der Waals surface area (Å²) in [4.78, 5) is 33.3. The molecule has 0 bridgehead atoms. The lowest BCUT2D eigenvalue weighted by Gasteiger charge is -2.32. The molecule has 6 rings (SSSR count). The lowest BCUT2D eigenvalue weighted by atomic mass is 9.88. The van der Waals surface area contributed by atoms with E-state index in [2.05, 4.69) is 0 Å². The van der Waals surface area contributed by atoms with Gasteiger partial charge in [0.2, 0.25) is 0 Å². The number of carbonyl (C=O) groups is 2. The maximum Gasteiger partial charge on any atom is 0.254 e. The largest absolute Gasteiger partial charge is 0.486 e. The van der Waals surface area contributed by atoms with Crippen LogP contribution in [0.2, 0.25) is 0 Å². The quantitative estimate of drug-likeness (QED) is 0.552. The number of Topliss-reactive ketones (excluding diaryl/α,β-unsaturated/α-hetero) is 1. The number of aromatic nitrogens is 1. The minimum absolute atomic E-state index is 0.0423. The van der Waals surface area contributed by atoms with E-state index in [4.69, 9.17) is 14.5 Å². The fraction of sp³-hybridized carbons (Fsp3) is 0.370. The zero-order valence-corrected chi connectivity index (χ0v) is 18.5. The van der Waals surface area contributed by atoms with E-state index >= 15 is 0 Å². The summed E-state index contributed by atoms with van der Waals surface area (Å²) in [6.45, 7) is 2.18. The van der Waals surface area contributed by atoms with Crippen LogP contribution in [0.3, 0.4) is 0 Å². The van der Waals surface area contributed by atoms with Gasteiger partial charge in [-0.25, -0.2) is 0 Å². The van der Waals surface area contributed by atoms with Gasteiger partial charge in [0.25, 0.3) is 5.91 Å². The number of likely N-dealkylation sites (tertiary alicyclic amines) is 1. The van der Waals surface area contributed by atoms with Gasteiger partial charge in [0.1, 0.15) is 13.2 Å². The Labute approximate surface area is 192 Å². The molecule has 0 N–H and O–H groups in total. The molecule has 6 heteroatoms. The maximum absolute atomic E-state index is 13.5. The summed E-state index contributed by atoms with van der Waals surface area (Å²) in [6.07, 6.45) is 3.62. The van der Waals surface area contributed by atoms with Crippen molar-refractivity contribution < 1.29 is 19.1 Å². The highest BCUT2D eigenvalue weighted by Crippen LogP contribution is 2.40. The number of carbonyl (C=O) groups excluding carboxylic acids is 2. The molecule has 1 amide bonds. The number of amides is 1. The molecular weight excluding hydrogens is 416 g/mol. The van der Waals surface area contributed by atoms with Crippen LogP contribution in [0.5, 0.6) is 11.5 Å². The minimum Gasteiger partial charge on any atom is -0.486 e. The molecule has 2 aliphatic heterocycles. The molecule has 2 fully saturated rings. The number of hydrogen-bond acceptors (Lipinski definition) is 5. The van der Waals surface area contributed by atoms with Crippen LogP contribution in [0.4, 0.5) is 0 Å². The van der Waals surface area contributed by atoms with E-state index in [1.54, 1.807) is 6.07 Å². The third-order valence-corrected chi connectivity index (χ3v) is 6.94. The number of para-hydroxylation sites is 1. The topological polar surface area (TPSA) is 68.7 Å². The molecule has 33 heavy (non-hydrogen) atoms. The summed E-state index contributed by atoms with van der Waals surface area (Å²) < 4.78 is 11.2. The molecule has 1 aromatic heterocycles. The maximum atomic E-state index is 13.5. The van der Waals surface area contributed by atoms with Crippen molar-refractivity contribution in [3.63, 3.8) is 0 Å². The van der Waals surface area contributed by atoms with Crippen molar-refractivity contribution in [1.29, 1.82) is 0 Å². The van der Waals surface area contributed by atoms with Crippen LogP contribution in [0.1, 0.15) is 58.0 Å². The molecule has 0 atom stereocenters. The second-order valence-corrected chi connectivity index (χ2v) is 9.18. The van der Waals surface area contributed by atoms with E-state index in [-0.39, 0.29) is 17.6 Å². The SMILES string of the molecule is O=C(c1ccc2c(c1)OCCO2)C1CCN(C(=O)c2cc(C3CC3)nc3ccccc23)CC1. The molecule has 0 spiro atoms. The minimum atomic E-state index is -0.0900. The first kappa shape index (κ1) is 20.2. The molecule has 1 aliphatic carbocycles. The number of ether oxygens (including phenoxy) is 2. The summed E-state index contributed by atoms with van der Waals surface area (Å²) in [6, 6.07) is 15.3. The van der Waals surface area contributed by atoms with Crippen LogP contribution in [0.15, 0.2) is 48.5 Å². The fourth-order valence-electron chi connectivity index (χ4n) is 4.91. The fourth-order valence-corrected chi connectivity index (χ4v) is 4.91. The Morgan fingerprint density at radius 2 is 1.64 bits per heavy atom. The van der Waals surface area contributed by atoms with E-state index in [0.29, 0.717) is 62.1 Å². The lowest BCUT2D eigenvalue weighted by molar-refractivity contribution is 0.0651. The first-order valence-electron chi connectivity index (χ1n) is 11.8. The summed E-state index contributed by atoms with van der Waals surface area (Å²) >= 11 is 0. The van der Waals surface area contributed by atoms with Gasteiger partial charge in [-0.05, 0) is 56.0 Å². The van der Waals surface area contributed by atoms with Crippen LogP contribution in [0.25, 0.3) is 10.9 Å². The van der Waals surface area contributed by atoms with E-state index in [1.165, 1.54) is 0 Å². The van der Waals surface area contributed by atoms with Crippen molar-refractivity contribution in [2.24, 2.45) is 5.92 Å². The number of piperidine rings is 1. The van der Waals surface area contributed by atoms with Crippen LogP contribution in [-0.2, 0) is 0 Å². The van der Waals surface area contributed by atoms with E-state index in [1.807, 2.05) is 47.4 Å². The highest BCUT2D eigenvalue weighted by molar-refractivity contribution is 6.06. The normalized spacial score (nSPS) is 18.4. The molecule has 1 saturated heterocycles. The van der Waals surface area contributed by atoms with Crippen molar-refractivity contribution in [3.05, 3.63) is 65.4 Å². The smallest absolute Gasteiger partial charge is 0.254 e. The van der Waals surface area contributed by atoms with Crippen molar-refractivity contribution in [2.45, 2.75) is 31.6 Å². The summed E-state index contributed by atoms with van der Waals surface area (Å²) in [5, 5.41) is 0.904. The first-order chi connectivity index (χ1) is 16.2. The number of nitrogens with zero attached hydrogens (tertiary/aromatic N) is 2. The standard InChI is InChI=1S/C27H26N2O4/c30-26(19-7-8-24-25(15-19)33-14-13-32-24)18-9-11-29(12-10-18)27(31)21-16-23(17-5-6-17)28-22-4-2-1-3-20(21)22/h1-4,7-8,15-18H,5-6,9-14H2. The van der Waals surface area contributed by atoms with Gasteiger partial charge < -0.3 is 14.4 Å². The van der Waals surface area contributed by atoms with Gasteiger partial charge >= 0.3 is 0 Å². The Balaban J connectivity index is 1.18.